The lowest BCUT2D eigenvalue weighted by atomic mass is 9.94. The summed E-state index contributed by atoms with van der Waals surface area (Å²) in [7, 11) is -1.57. The smallest absolute Gasteiger partial charge is 0.316 e. The maximum absolute atomic E-state index is 12.0. The first-order valence-corrected chi connectivity index (χ1v) is 14.2. The van der Waals surface area contributed by atoms with Crippen molar-refractivity contribution in [1.82, 2.24) is 4.90 Å². The minimum Gasteiger partial charge on any atom is -0.494 e. The molecular formula is C30H35NO6S. The number of morpholine rings is 1. The third-order valence-corrected chi connectivity index (χ3v) is 7.77. The van der Waals surface area contributed by atoms with Gasteiger partial charge in [0.05, 0.1) is 30.6 Å². The number of carbonyl (C=O) groups is 1. The molecule has 1 heterocycles. The van der Waals surface area contributed by atoms with Gasteiger partial charge in [0.1, 0.15) is 23.9 Å². The van der Waals surface area contributed by atoms with Crippen molar-refractivity contribution < 1.29 is 28.3 Å². The van der Waals surface area contributed by atoms with Crippen LogP contribution in [-0.2, 0) is 26.9 Å². The molecule has 1 unspecified atom stereocenters. The Balaban J connectivity index is 1.34. The summed E-state index contributed by atoms with van der Waals surface area (Å²) in [5.74, 6) is 0.0380. The van der Waals surface area contributed by atoms with Crippen LogP contribution in [0.25, 0.3) is 11.1 Å². The van der Waals surface area contributed by atoms with Gasteiger partial charge in [-0.1, -0.05) is 18.2 Å². The Morgan fingerprint density at radius 3 is 2.37 bits per heavy atom. The summed E-state index contributed by atoms with van der Waals surface area (Å²) < 4.78 is 29.4. The van der Waals surface area contributed by atoms with E-state index in [4.69, 9.17) is 19.3 Å². The molecule has 1 aliphatic heterocycles. The second-order valence-electron chi connectivity index (χ2n) is 9.43. The summed E-state index contributed by atoms with van der Waals surface area (Å²) in [6.45, 7) is 9.97. The van der Waals surface area contributed by atoms with E-state index in [1.165, 1.54) is 5.56 Å². The van der Waals surface area contributed by atoms with E-state index in [0.717, 1.165) is 67.3 Å². The Morgan fingerprint density at radius 1 is 0.974 bits per heavy atom. The van der Waals surface area contributed by atoms with Crippen molar-refractivity contribution in [3.63, 3.8) is 0 Å². The molecule has 0 aromatic heterocycles. The van der Waals surface area contributed by atoms with Crippen LogP contribution in [0.15, 0.2) is 65.6 Å². The first-order chi connectivity index (χ1) is 18.4. The Morgan fingerprint density at radius 2 is 1.68 bits per heavy atom. The number of rotatable bonds is 12. The molecule has 0 aliphatic carbocycles. The minimum absolute atomic E-state index is 0.383. The van der Waals surface area contributed by atoms with Gasteiger partial charge < -0.3 is 19.3 Å². The molecule has 0 bridgehead atoms. The van der Waals surface area contributed by atoms with Crippen molar-refractivity contribution in [3.05, 3.63) is 77.4 Å². The molecule has 0 radical (unpaired) electrons. The standard InChI is InChI=1S/C30H35NO6S/c1-22-17-27(36-14-4-11-31-12-15-35-16-13-31)18-23(2)30(22)25-6-3-5-24(19-25)20-37-26-7-9-28(10-8-26)38(34)21-29(32)33/h3,5-10,17-19H,4,11-16,20-21H2,1-2H3,(H,32,33). The molecule has 38 heavy (non-hydrogen) atoms. The topological polar surface area (TPSA) is 85.3 Å². The first kappa shape index (κ1) is 27.8. The SMILES string of the molecule is Cc1cc(OCCCN2CCOCC2)cc(C)c1-c1cccc(COc2ccc(S(=O)CC(=O)O)cc2)c1. The monoisotopic (exact) mass is 537 g/mol. The van der Waals surface area contributed by atoms with Crippen molar-refractivity contribution in [3.8, 4) is 22.6 Å². The lowest BCUT2D eigenvalue weighted by Crippen LogP contribution is -2.37. The van der Waals surface area contributed by atoms with Gasteiger partial charge in [-0.2, -0.15) is 0 Å². The summed E-state index contributed by atoms with van der Waals surface area (Å²) in [5, 5.41) is 8.82. The summed E-state index contributed by atoms with van der Waals surface area (Å²) in [6.07, 6.45) is 0.991. The highest BCUT2D eigenvalue weighted by Crippen LogP contribution is 2.32. The van der Waals surface area contributed by atoms with E-state index in [-0.39, 0.29) is 0 Å². The molecule has 0 saturated carbocycles. The molecule has 1 saturated heterocycles. The van der Waals surface area contributed by atoms with Crippen LogP contribution in [0.3, 0.4) is 0 Å². The molecule has 1 aliphatic rings. The molecule has 1 atom stereocenters. The van der Waals surface area contributed by atoms with Gasteiger partial charge in [-0.05, 0) is 90.6 Å². The van der Waals surface area contributed by atoms with Gasteiger partial charge in [0, 0.05) is 24.5 Å². The van der Waals surface area contributed by atoms with Crippen LogP contribution in [0.4, 0.5) is 0 Å². The molecule has 1 fully saturated rings. The second kappa shape index (κ2) is 13.6. The fraction of sp³-hybridized carbons (Fsp3) is 0.367. The average molecular weight is 538 g/mol. The van der Waals surface area contributed by atoms with Crippen molar-refractivity contribution in [2.75, 3.05) is 45.2 Å². The number of benzene rings is 3. The highest BCUT2D eigenvalue weighted by Gasteiger charge is 2.12. The number of ether oxygens (including phenoxy) is 3. The van der Waals surface area contributed by atoms with E-state index >= 15 is 0 Å². The first-order valence-electron chi connectivity index (χ1n) is 12.9. The number of carboxylic acids is 1. The summed E-state index contributed by atoms with van der Waals surface area (Å²) in [5.41, 5.74) is 5.67. The Labute approximate surface area is 226 Å². The van der Waals surface area contributed by atoms with E-state index in [0.29, 0.717) is 23.9 Å². The summed E-state index contributed by atoms with van der Waals surface area (Å²) in [4.78, 5) is 13.7. The summed E-state index contributed by atoms with van der Waals surface area (Å²) >= 11 is 0. The van der Waals surface area contributed by atoms with Crippen molar-refractivity contribution >= 4 is 16.8 Å². The Kier molecular flexibility index (Phi) is 9.92. The van der Waals surface area contributed by atoms with Crippen LogP contribution in [0.1, 0.15) is 23.1 Å². The molecule has 4 rings (SSSR count). The van der Waals surface area contributed by atoms with Gasteiger partial charge in [0.2, 0.25) is 0 Å². The number of nitrogens with zero attached hydrogens (tertiary/aromatic N) is 1. The Bertz CT molecular complexity index is 1230. The van der Waals surface area contributed by atoms with Gasteiger partial charge in [0.15, 0.2) is 0 Å². The van der Waals surface area contributed by atoms with Crippen LogP contribution < -0.4 is 9.47 Å². The van der Waals surface area contributed by atoms with E-state index in [9.17, 15) is 9.00 Å². The molecular weight excluding hydrogens is 502 g/mol. The van der Waals surface area contributed by atoms with Crippen molar-refractivity contribution in [1.29, 1.82) is 0 Å². The molecule has 0 amide bonds. The third-order valence-electron chi connectivity index (χ3n) is 6.46. The van der Waals surface area contributed by atoms with E-state index in [1.807, 2.05) is 12.1 Å². The number of aliphatic carboxylic acids is 1. The number of hydrogen-bond donors (Lipinski definition) is 1. The molecule has 3 aromatic rings. The molecule has 8 heteroatoms. The van der Waals surface area contributed by atoms with Crippen LogP contribution in [-0.4, -0.2) is 65.4 Å². The number of hydrogen-bond acceptors (Lipinski definition) is 6. The van der Waals surface area contributed by atoms with E-state index < -0.39 is 22.5 Å². The van der Waals surface area contributed by atoms with Crippen LogP contribution >= 0.6 is 0 Å². The molecule has 202 valence electrons. The summed E-state index contributed by atoms with van der Waals surface area (Å²) in [6, 6.07) is 19.2. The van der Waals surface area contributed by atoms with Crippen molar-refractivity contribution in [2.24, 2.45) is 0 Å². The van der Waals surface area contributed by atoms with Gasteiger partial charge in [-0.3, -0.25) is 13.9 Å². The molecule has 1 N–H and O–H groups in total. The van der Waals surface area contributed by atoms with E-state index in [2.05, 4.69) is 43.0 Å². The van der Waals surface area contributed by atoms with Crippen LogP contribution in [0.5, 0.6) is 11.5 Å². The molecule has 0 spiro atoms. The maximum atomic E-state index is 12.0. The predicted molar refractivity (Wildman–Crippen MR) is 148 cm³/mol. The molecule has 7 nitrogen and oxygen atoms in total. The lowest BCUT2D eigenvalue weighted by molar-refractivity contribution is -0.133. The highest BCUT2D eigenvalue weighted by molar-refractivity contribution is 7.85. The second-order valence-corrected chi connectivity index (χ2v) is 10.9. The largest absolute Gasteiger partial charge is 0.494 e. The maximum Gasteiger partial charge on any atom is 0.316 e. The zero-order valence-electron chi connectivity index (χ0n) is 22.0. The zero-order valence-corrected chi connectivity index (χ0v) is 22.8. The fourth-order valence-electron chi connectivity index (χ4n) is 4.63. The zero-order chi connectivity index (χ0) is 26.9. The van der Waals surface area contributed by atoms with Gasteiger partial charge in [0.25, 0.3) is 0 Å². The third kappa shape index (κ3) is 7.90. The van der Waals surface area contributed by atoms with Crippen LogP contribution in [0, 0.1) is 13.8 Å². The van der Waals surface area contributed by atoms with Gasteiger partial charge in [-0.15, -0.1) is 0 Å². The predicted octanol–water partition coefficient (Wildman–Crippen LogP) is 4.84. The Hall–Kier alpha value is -3.20. The minimum atomic E-state index is -1.57. The van der Waals surface area contributed by atoms with Gasteiger partial charge >= 0.3 is 5.97 Å². The van der Waals surface area contributed by atoms with Gasteiger partial charge in [-0.25, -0.2) is 0 Å². The van der Waals surface area contributed by atoms with Crippen LogP contribution in [0.2, 0.25) is 0 Å². The average Bonchev–Trinajstić information content (AvgIpc) is 2.90. The number of aryl methyl sites for hydroxylation is 2. The number of carboxylic acid groups (broad SMARTS) is 1. The normalized spacial score (nSPS) is 14.7. The fourth-order valence-corrected chi connectivity index (χ4v) is 5.46. The lowest BCUT2D eigenvalue weighted by Gasteiger charge is -2.26. The van der Waals surface area contributed by atoms with Crippen molar-refractivity contribution in [2.45, 2.75) is 31.8 Å². The molecule has 3 aromatic carbocycles. The van der Waals surface area contributed by atoms with E-state index in [1.54, 1.807) is 24.3 Å². The quantitative estimate of drug-likeness (QED) is 0.331. The highest BCUT2D eigenvalue weighted by atomic mass is 32.2.